The van der Waals surface area contributed by atoms with Gasteiger partial charge in [0.05, 0.1) is 18.9 Å². The summed E-state index contributed by atoms with van der Waals surface area (Å²) in [6, 6.07) is 6.22. The zero-order chi connectivity index (χ0) is 20.3. The van der Waals surface area contributed by atoms with Crippen LogP contribution in [0.25, 0.3) is 0 Å². The number of carbonyl (C=O) groups is 2. The van der Waals surface area contributed by atoms with Crippen LogP contribution >= 0.6 is 0 Å². The molecule has 1 saturated heterocycles. The number of rotatable bonds is 4. The largest absolute Gasteiger partial charge is 0.465 e. The first-order valence-electron chi connectivity index (χ1n) is 8.79. The van der Waals surface area contributed by atoms with E-state index in [-0.39, 0.29) is 23.9 Å². The third-order valence-electron chi connectivity index (χ3n) is 4.61. The topological polar surface area (TPSA) is 102 Å². The summed E-state index contributed by atoms with van der Waals surface area (Å²) < 4.78 is 33.0. The lowest BCUT2D eigenvalue weighted by atomic mass is 10.1. The van der Waals surface area contributed by atoms with Crippen LogP contribution in [-0.2, 0) is 21.8 Å². The summed E-state index contributed by atoms with van der Waals surface area (Å²) in [5.41, 5.74) is 0.805. The van der Waals surface area contributed by atoms with Crippen LogP contribution in [0.5, 0.6) is 0 Å². The maximum Gasteiger partial charge on any atom is 0.337 e. The summed E-state index contributed by atoms with van der Waals surface area (Å²) in [6.07, 6.45) is 3.32. The molecule has 1 aromatic heterocycles. The lowest BCUT2D eigenvalue weighted by Gasteiger charge is -2.21. The van der Waals surface area contributed by atoms with Gasteiger partial charge >= 0.3 is 5.97 Å². The maximum absolute atomic E-state index is 12.8. The first-order chi connectivity index (χ1) is 13.3. The molecule has 0 atom stereocenters. The van der Waals surface area contributed by atoms with Crippen LogP contribution in [0.4, 0.5) is 0 Å². The van der Waals surface area contributed by atoms with Gasteiger partial charge in [0, 0.05) is 45.0 Å². The Balaban J connectivity index is 1.69. The Morgan fingerprint density at radius 2 is 1.71 bits per heavy atom. The third-order valence-corrected chi connectivity index (χ3v) is 6.47. The molecule has 1 aliphatic heterocycles. The predicted molar refractivity (Wildman–Crippen MR) is 100 cm³/mol. The van der Waals surface area contributed by atoms with E-state index in [1.54, 1.807) is 24.1 Å². The van der Waals surface area contributed by atoms with Crippen molar-refractivity contribution in [3.05, 3.63) is 47.8 Å². The molecule has 9 nitrogen and oxygen atoms in total. The van der Waals surface area contributed by atoms with Crippen molar-refractivity contribution in [2.45, 2.75) is 11.3 Å². The molecule has 150 valence electrons. The number of ether oxygens (including phenoxy) is 1. The van der Waals surface area contributed by atoms with Crippen molar-refractivity contribution in [1.29, 1.82) is 0 Å². The van der Waals surface area contributed by atoms with E-state index in [2.05, 4.69) is 9.84 Å². The number of hydrogen-bond donors (Lipinski definition) is 0. The fourth-order valence-corrected chi connectivity index (χ4v) is 4.52. The Bertz CT molecular complexity index is 968. The van der Waals surface area contributed by atoms with Crippen molar-refractivity contribution in [3.8, 4) is 0 Å². The predicted octanol–water partition coefficient (Wildman–Crippen LogP) is 0.743. The van der Waals surface area contributed by atoms with E-state index in [1.165, 1.54) is 40.6 Å². The van der Waals surface area contributed by atoms with Crippen molar-refractivity contribution in [2.75, 3.05) is 33.3 Å². The van der Waals surface area contributed by atoms with Gasteiger partial charge in [-0.05, 0) is 30.7 Å². The minimum atomic E-state index is -3.64. The van der Waals surface area contributed by atoms with E-state index in [0.717, 1.165) is 0 Å². The summed E-state index contributed by atoms with van der Waals surface area (Å²) in [5.74, 6) is -0.665. The number of amides is 1. The van der Waals surface area contributed by atoms with Crippen LogP contribution < -0.4 is 0 Å². The van der Waals surface area contributed by atoms with Gasteiger partial charge in [0.25, 0.3) is 5.91 Å². The van der Waals surface area contributed by atoms with Crippen molar-refractivity contribution < 1.29 is 22.7 Å². The van der Waals surface area contributed by atoms with E-state index in [9.17, 15) is 18.0 Å². The van der Waals surface area contributed by atoms with Gasteiger partial charge < -0.3 is 9.64 Å². The molecule has 3 rings (SSSR count). The van der Waals surface area contributed by atoms with Crippen LogP contribution in [0.3, 0.4) is 0 Å². The number of aromatic nitrogens is 2. The third kappa shape index (κ3) is 4.07. The van der Waals surface area contributed by atoms with E-state index in [0.29, 0.717) is 30.6 Å². The van der Waals surface area contributed by atoms with Crippen molar-refractivity contribution in [2.24, 2.45) is 7.05 Å². The van der Waals surface area contributed by atoms with Crippen LogP contribution in [0.2, 0.25) is 0 Å². The average molecular weight is 406 g/mol. The number of esters is 1. The fourth-order valence-electron chi connectivity index (χ4n) is 3.07. The Hall–Kier alpha value is -2.72. The summed E-state index contributed by atoms with van der Waals surface area (Å²) >= 11 is 0. The molecular formula is C18H22N4O5S. The molecule has 1 aliphatic rings. The number of benzene rings is 1. The zero-order valence-electron chi connectivity index (χ0n) is 15.7. The van der Waals surface area contributed by atoms with Gasteiger partial charge in [0.1, 0.15) is 4.90 Å². The number of sulfonamides is 1. The highest BCUT2D eigenvalue weighted by Crippen LogP contribution is 2.18. The monoisotopic (exact) mass is 406 g/mol. The number of hydrogen-bond acceptors (Lipinski definition) is 6. The molecule has 2 aromatic rings. The highest BCUT2D eigenvalue weighted by Gasteiger charge is 2.29. The maximum atomic E-state index is 12.8. The van der Waals surface area contributed by atoms with Gasteiger partial charge in [-0.3, -0.25) is 9.48 Å². The van der Waals surface area contributed by atoms with Crippen LogP contribution in [0, 0.1) is 0 Å². The molecule has 0 aliphatic carbocycles. The van der Waals surface area contributed by atoms with E-state index in [1.807, 2.05) is 0 Å². The number of carbonyl (C=O) groups excluding carboxylic acids is 2. The van der Waals surface area contributed by atoms with Gasteiger partial charge in [0.15, 0.2) is 0 Å². The normalized spacial score (nSPS) is 15.9. The van der Waals surface area contributed by atoms with Gasteiger partial charge in [-0.15, -0.1) is 0 Å². The van der Waals surface area contributed by atoms with Crippen molar-refractivity contribution >= 4 is 21.9 Å². The summed E-state index contributed by atoms with van der Waals surface area (Å²) in [5, 5.41) is 3.92. The molecule has 0 spiro atoms. The molecule has 2 heterocycles. The lowest BCUT2D eigenvalue weighted by molar-refractivity contribution is 0.0599. The van der Waals surface area contributed by atoms with E-state index in [4.69, 9.17) is 0 Å². The Kier molecular flexibility index (Phi) is 5.80. The second-order valence-electron chi connectivity index (χ2n) is 6.47. The van der Waals surface area contributed by atoms with Gasteiger partial charge in [-0.25, -0.2) is 13.2 Å². The van der Waals surface area contributed by atoms with Crippen LogP contribution in [0.1, 0.15) is 27.1 Å². The molecule has 0 saturated carbocycles. The zero-order valence-corrected chi connectivity index (χ0v) is 16.6. The molecule has 10 heteroatoms. The standard InChI is InChI=1S/C18H22N4O5S/c1-20-13-16(12-19-20)28(25,26)22-9-3-8-21(10-11-22)17(23)14-4-6-15(7-5-14)18(24)27-2/h4-7,12-13H,3,8-11H2,1-2H3. The average Bonchev–Trinajstić information content (AvgIpc) is 2.99. The van der Waals surface area contributed by atoms with Gasteiger partial charge in [0.2, 0.25) is 10.0 Å². The highest BCUT2D eigenvalue weighted by atomic mass is 32.2. The quantitative estimate of drug-likeness (QED) is 0.694. The summed E-state index contributed by atoms with van der Waals surface area (Å²) in [6.45, 7) is 1.29. The summed E-state index contributed by atoms with van der Waals surface area (Å²) in [7, 11) is -0.680. The van der Waals surface area contributed by atoms with Gasteiger partial charge in [-0.1, -0.05) is 0 Å². The Morgan fingerprint density at radius 3 is 2.32 bits per heavy atom. The number of nitrogens with zero attached hydrogens (tertiary/aromatic N) is 4. The minimum Gasteiger partial charge on any atom is -0.465 e. The smallest absolute Gasteiger partial charge is 0.337 e. The lowest BCUT2D eigenvalue weighted by Crippen LogP contribution is -2.37. The van der Waals surface area contributed by atoms with Crippen LogP contribution in [-0.4, -0.2) is 72.6 Å². The van der Waals surface area contributed by atoms with Crippen molar-refractivity contribution in [1.82, 2.24) is 19.0 Å². The molecular weight excluding hydrogens is 384 g/mol. The SMILES string of the molecule is COC(=O)c1ccc(C(=O)N2CCCN(S(=O)(=O)c3cnn(C)c3)CC2)cc1. The fraction of sp³-hybridized carbons (Fsp3) is 0.389. The highest BCUT2D eigenvalue weighted by molar-refractivity contribution is 7.89. The molecule has 0 N–H and O–H groups in total. The molecule has 0 bridgehead atoms. The number of aryl methyl sites for hydroxylation is 1. The molecule has 28 heavy (non-hydrogen) atoms. The van der Waals surface area contributed by atoms with E-state index < -0.39 is 16.0 Å². The Labute approximate surface area is 163 Å². The summed E-state index contributed by atoms with van der Waals surface area (Å²) in [4.78, 5) is 26.0. The minimum absolute atomic E-state index is 0.146. The van der Waals surface area contributed by atoms with E-state index >= 15 is 0 Å². The van der Waals surface area contributed by atoms with Crippen molar-refractivity contribution in [3.63, 3.8) is 0 Å². The molecule has 0 radical (unpaired) electrons. The van der Waals surface area contributed by atoms with Gasteiger partial charge in [-0.2, -0.15) is 9.40 Å². The molecule has 1 aromatic carbocycles. The second kappa shape index (κ2) is 8.11. The molecule has 1 amide bonds. The second-order valence-corrected chi connectivity index (χ2v) is 8.41. The first-order valence-corrected chi connectivity index (χ1v) is 10.2. The first kappa shape index (κ1) is 20.0. The number of methoxy groups -OCH3 is 1. The molecule has 0 unspecified atom stereocenters. The Morgan fingerprint density at radius 1 is 1.04 bits per heavy atom. The van der Waals surface area contributed by atoms with Crippen LogP contribution in [0.15, 0.2) is 41.6 Å². The molecule has 1 fully saturated rings.